The van der Waals surface area contributed by atoms with E-state index in [0.717, 1.165) is 44.6 Å². The quantitative estimate of drug-likeness (QED) is 0.858. The summed E-state index contributed by atoms with van der Waals surface area (Å²) >= 11 is 0. The van der Waals surface area contributed by atoms with Crippen molar-refractivity contribution in [2.45, 2.75) is 45.3 Å². The summed E-state index contributed by atoms with van der Waals surface area (Å²) in [6.07, 6.45) is 7.04. The maximum absolute atomic E-state index is 12.4. The molecule has 2 aliphatic rings. The number of aromatic nitrogens is 2. The summed E-state index contributed by atoms with van der Waals surface area (Å²) in [5.41, 5.74) is 5.45. The Morgan fingerprint density at radius 1 is 1.33 bits per heavy atom. The summed E-state index contributed by atoms with van der Waals surface area (Å²) in [6.45, 7) is 4.42. The normalized spacial score (nSPS) is 25.1. The van der Waals surface area contributed by atoms with Gasteiger partial charge in [0.2, 0.25) is 11.8 Å². The van der Waals surface area contributed by atoms with Gasteiger partial charge in [0.05, 0.1) is 12.0 Å². The molecule has 7 nitrogen and oxygen atoms in total. The van der Waals surface area contributed by atoms with Crippen LogP contribution in [-0.4, -0.2) is 52.1 Å². The highest BCUT2D eigenvalue weighted by Crippen LogP contribution is 2.30. The second-order valence-corrected chi connectivity index (χ2v) is 6.87. The van der Waals surface area contributed by atoms with Crippen LogP contribution in [0.3, 0.4) is 0 Å². The Bertz CT molecular complexity index is 592. The number of carbonyl (C=O) groups is 2. The zero-order valence-corrected chi connectivity index (χ0v) is 14.2. The van der Waals surface area contributed by atoms with Gasteiger partial charge in [-0.25, -0.2) is 4.98 Å². The van der Waals surface area contributed by atoms with Crippen molar-refractivity contribution in [2.75, 3.05) is 19.7 Å². The number of hydrogen-bond donors (Lipinski definition) is 1. The first-order valence-electron chi connectivity index (χ1n) is 8.71. The topological polar surface area (TPSA) is 90.4 Å². The molecule has 24 heavy (non-hydrogen) atoms. The molecule has 2 atom stereocenters. The van der Waals surface area contributed by atoms with Crippen molar-refractivity contribution in [1.82, 2.24) is 14.5 Å². The van der Waals surface area contributed by atoms with Crippen molar-refractivity contribution < 1.29 is 14.3 Å². The first-order chi connectivity index (χ1) is 11.5. The van der Waals surface area contributed by atoms with Gasteiger partial charge < -0.3 is 19.9 Å². The summed E-state index contributed by atoms with van der Waals surface area (Å²) < 4.78 is 7.57. The molecule has 2 amide bonds. The molecule has 0 unspecified atom stereocenters. The van der Waals surface area contributed by atoms with Crippen LogP contribution < -0.4 is 5.73 Å². The molecular weight excluding hydrogens is 308 g/mol. The van der Waals surface area contributed by atoms with Crippen molar-refractivity contribution in [2.24, 2.45) is 17.6 Å². The monoisotopic (exact) mass is 334 g/mol. The number of nitrogens with two attached hydrogens (primary N) is 1. The van der Waals surface area contributed by atoms with Gasteiger partial charge in [-0.2, -0.15) is 0 Å². The number of hydrogen-bond acceptors (Lipinski definition) is 4. The van der Waals surface area contributed by atoms with E-state index in [0.29, 0.717) is 19.1 Å². The third-order valence-corrected chi connectivity index (χ3v) is 5.34. The van der Waals surface area contributed by atoms with Crippen LogP contribution in [0, 0.1) is 18.8 Å². The summed E-state index contributed by atoms with van der Waals surface area (Å²) in [6, 6.07) is 0. The predicted octanol–water partition coefficient (Wildman–Crippen LogP) is 0.711. The number of likely N-dealkylation sites (tertiary alicyclic amines) is 1. The summed E-state index contributed by atoms with van der Waals surface area (Å²) in [4.78, 5) is 29.9. The van der Waals surface area contributed by atoms with Crippen molar-refractivity contribution in [3.63, 3.8) is 0 Å². The van der Waals surface area contributed by atoms with Crippen LogP contribution in [0.1, 0.15) is 31.5 Å². The van der Waals surface area contributed by atoms with Gasteiger partial charge in [0.25, 0.3) is 0 Å². The summed E-state index contributed by atoms with van der Waals surface area (Å²) in [5, 5.41) is 0. The number of carbonyl (C=O) groups excluding carboxylic acids is 2. The molecule has 0 aliphatic carbocycles. The Balaban J connectivity index is 1.46. The van der Waals surface area contributed by atoms with Crippen LogP contribution in [0.4, 0.5) is 0 Å². The molecule has 1 aromatic heterocycles. The lowest BCUT2D eigenvalue weighted by molar-refractivity contribution is -0.133. The molecule has 0 bridgehead atoms. The van der Waals surface area contributed by atoms with Crippen LogP contribution in [-0.2, 0) is 20.9 Å². The van der Waals surface area contributed by atoms with Crippen LogP contribution >= 0.6 is 0 Å². The highest BCUT2D eigenvalue weighted by Gasteiger charge is 2.35. The first-order valence-corrected chi connectivity index (χ1v) is 8.71. The van der Waals surface area contributed by atoms with Gasteiger partial charge in [0, 0.05) is 32.1 Å². The molecule has 3 heterocycles. The van der Waals surface area contributed by atoms with Crippen molar-refractivity contribution in [3.05, 3.63) is 18.2 Å². The van der Waals surface area contributed by atoms with E-state index in [4.69, 9.17) is 10.5 Å². The van der Waals surface area contributed by atoms with Gasteiger partial charge in [-0.3, -0.25) is 9.59 Å². The van der Waals surface area contributed by atoms with Gasteiger partial charge in [0.15, 0.2) is 0 Å². The van der Waals surface area contributed by atoms with Gasteiger partial charge >= 0.3 is 0 Å². The number of aryl methyl sites for hydroxylation is 1. The number of nitrogens with zero attached hydrogens (tertiary/aromatic N) is 3. The fraction of sp³-hybridized carbons (Fsp3) is 0.706. The van der Waals surface area contributed by atoms with Crippen molar-refractivity contribution >= 4 is 11.8 Å². The average molecular weight is 334 g/mol. The summed E-state index contributed by atoms with van der Waals surface area (Å²) in [7, 11) is 0. The van der Waals surface area contributed by atoms with E-state index in [9.17, 15) is 9.59 Å². The predicted molar refractivity (Wildman–Crippen MR) is 87.9 cm³/mol. The molecule has 0 radical (unpaired) electrons. The van der Waals surface area contributed by atoms with Gasteiger partial charge in [-0.15, -0.1) is 0 Å². The van der Waals surface area contributed by atoms with Crippen LogP contribution in [0.5, 0.6) is 0 Å². The number of ether oxygens (including phenoxy) is 1. The second-order valence-electron chi connectivity index (χ2n) is 6.87. The van der Waals surface area contributed by atoms with Crippen molar-refractivity contribution in [3.8, 4) is 0 Å². The largest absolute Gasteiger partial charge is 0.377 e. The molecule has 0 spiro atoms. The average Bonchev–Trinajstić information content (AvgIpc) is 3.18. The molecule has 2 aliphatic heterocycles. The maximum Gasteiger partial charge on any atom is 0.242 e. The number of amides is 2. The van der Waals surface area contributed by atoms with Gasteiger partial charge in [0.1, 0.15) is 12.4 Å². The van der Waals surface area contributed by atoms with Crippen LogP contribution in [0.25, 0.3) is 0 Å². The molecular formula is C17H26N4O3. The maximum atomic E-state index is 12.4. The van der Waals surface area contributed by atoms with E-state index in [1.165, 1.54) is 0 Å². The minimum Gasteiger partial charge on any atom is -0.377 e. The van der Waals surface area contributed by atoms with E-state index in [2.05, 4.69) is 4.98 Å². The Morgan fingerprint density at radius 2 is 2.08 bits per heavy atom. The van der Waals surface area contributed by atoms with Crippen LogP contribution in [0.2, 0.25) is 0 Å². The van der Waals surface area contributed by atoms with Gasteiger partial charge in [-0.1, -0.05) is 0 Å². The van der Waals surface area contributed by atoms with Gasteiger partial charge in [-0.05, 0) is 38.5 Å². The minimum absolute atomic E-state index is 0.0386. The van der Waals surface area contributed by atoms with E-state index in [1.807, 2.05) is 22.6 Å². The smallest absolute Gasteiger partial charge is 0.242 e. The fourth-order valence-electron chi connectivity index (χ4n) is 3.77. The SMILES string of the molecule is Cc1nccn1CC(=O)N1CCC(C[C@H]2OCC[C@H]2C(N)=O)CC1. The van der Waals surface area contributed by atoms with Crippen molar-refractivity contribution in [1.29, 1.82) is 0 Å². The summed E-state index contributed by atoms with van der Waals surface area (Å²) in [5.74, 6) is 1.10. The molecule has 0 aromatic carbocycles. The number of piperidine rings is 1. The second kappa shape index (κ2) is 7.34. The molecule has 7 heteroatoms. The lowest BCUT2D eigenvalue weighted by Gasteiger charge is -2.33. The third-order valence-electron chi connectivity index (χ3n) is 5.34. The highest BCUT2D eigenvalue weighted by molar-refractivity contribution is 5.77. The lowest BCUT2D eigenvalue weighted by Crippen LogP contribution is -2.41. The molecule has 132 valence electrons. The number of imidazole rings is 1. The van der Waals surface area contributed by atoms with E-state index in [-0.39, 0.29) is 23.8 Å². The first kappa shape index (κ1) is 17.0. The third kappa shape index (κ3) is 3.77. The Hall–Kier alpha value is -1.89. The van der Waals surface area contributed by atoms with E-state index < -0.39 is 0 Å². The van der Waals surface area contributed by atoms with E-state index >= 15 is 0 Å². The number of primary amides is 1. The molecule has 0 saturated carbocycles. The zero-order chi connectivity index (χ0) is 17.1. The van der Waals surface area contributed by atoms with Crippen LogP contribution in [0.15, 0.2) is 12.4 Å². The van der Waals surface area contributed by atoms with E-state index in [1.54, 1.807) is 6.20 Å². The Labute approximate surface area is 142 Å². The minimum atomic E-state index is -0.249. The molecule has 3 rings (SSSR count). The number of rotatable bonds is 5. The fourth-order valence-corrected chi connectivity index (χ4v) is 3.77. The Morgan fingerprint density at radius 3 is 2.71 bits per heavy atom. The Kier molecular flexibility index (Phi) is 5.18. The molecule has 2 fully saturated rings. The molecule has 1 aromatic rings. The standard InChI is InChI=1S/C17H26N4O3/c1-12-19-5-8-21(12)11-16(22)20-6-2-13(3-7-20)10-15-14(17(18)23)4-9-24-15/h5,8,13-15H,2-4,6-7,9-11H2,1H3,(H2,18,23)/t14-,15-/m1/s1. The lowest BCUT2D eigenvalue weighted by atomic mass is 9.86. The molecule has 2 N–H and O–H groups in total. The zero-order valence-electron chi connectivity index (χ0n) is 14.2. The highest BCUT2D eigenvalue weighted by atomic mass is 16.5. The molecule has 2 saturated heterocycles.